The van der Waals surface area contributed by atoms with Crippen LogP contribution in [0.1, 0.15) is 58.3 Å². The molecule has 0 aliphatic carbocycles. The summed E-state index contributed by atoms with van der Waals surface area (Å²) in [6.07, 6.45) is 8.24. The van der Waals surface area contributed by atoms with Crippen molar-refractivity contribution in [2.24, 2.45) is 0 Å². The Morgan fingerprint density at radius 2 is 1.53 bits per heavy atom. The van der Waals surface area contributed by atoms with Crippen molar-refractivity contribution in [1.82, 2.24) is 15.0 Å². The van der Waals surface area contributed by atoms with Gasteiger partial charge >= 0.3 is 0 Å². The van der Waals surface area contributed by atoms with Crippen LogP contribution in [-0.2, 0) is 4.79 Å². The molecule has 0 saturated carbocycles. The fourth-order valence-electron chi connectivity index (χ4n) is 4.16. The zero-order valence-electron chi connectivity index (χ0n) is 18.8. The van der Waals surface area contributed by atoms with Crippen molar-refractivity contribution in [3.05, 3.63) is 18.2 Å². The topological polar surface area (TPSA) is 107 Å². The smallest absolute Gasteiger partial charge is 0.233 e. The molecule has 2 fully saturated rings. The predicted molar refractivity (Wildman–Crippen MR) is 127 cm³/mol. The quantitative estimate of drug-likeness (QED) is 0.555. The molecule has 3 N–H and O–H groups in total. The second-order valence-corrected chi connectivity index (χ2v) is 8.51. The Bertz CT molecular complexity index is 888. The summed E-state index contributed by atoms with van der Waals surface area (Å²) in [4.78, 5) is 30.5. The van der Waals surface area contributed by atoms with Gasteiger partial charge in [0, 0.05) is 44.4 Å². The normalized spacial score (nSPS) is 16.7. The lowest BCUT2D eigenvalue weighted by atomic mass is 10.1. The number of carbonyl (C=O) groups is 1. The van der Waals surface area contributed by atoms with Crippen LogP contribution >= 0.6 is 0 Å². The molecule has 0 atom stereocenters. The Morgan fingerprint density at radius 1 is 0.938 bits per heavy atom. The number of aromatic hydroxyl groups is 1. The number of rotatable bonds is 7. The Balaban J connectivity index is 1.56. The third-order valence-corrected chi connectivity index (χ3v) is 5.89. The van der Waals surface area contributed by atoms with E-state index in [1.807, 2.05) is 6.92 Å². The lowest BCUT2D eigenvalue weighted by molar-refractivity contribution is -0.116. The van der Waals surface area contributed by atoms with Crippen LogP contribution in [0.4, 0.5) is 29.2 Å². The molecule has 0 radical (unpaired) electrons. The highest BCUT2D eigenvalue weighted by Gasteiger charge is 2.20. The maximum atomic E-state index is 11.8. The van der Waals surface area contributed by atoms with E-state index >= 15 is 0 Å². The van der Waals surface area contributed by atoms with E-state index in [9.17, 15) is 9.90 Å². The number of phenols is 1. The Kier molecular flexibility index (Phi) is 7.24. The highest BCUT2D eigenvalue weighted by Crippen LogP contribution is 2.29. The highest BCUT2D eigenvalue weighted by atomic mass is 16.3. The van der Waals surface area contributed by atoms with E-state index in [2.05, 4.69) is 30.4 Å². The van der Waals surface area contributed by atoms with E-state index in [-0.39, 0.29) is 11.7 Å². The van der Waals surface area contributed by atoms with Gasteiger partial charge in [0.25, 0.3) is 0 Å². The monoisotopic (exact) mass is 439 g/mol. The number of nitrogens with zero attached hydrogens (tertiary/aromatic N) is 5. The van der Waals surface area contributed by atoms with Crippen molar-refractivity contribution < 1.29 is 9.90 Å². The maximum absolute atomic E-state index is 11.8. The minimum Gasteiger partial charge on any atom is -0.506 e. The molecule has 32 heavy (non-hydrogen) atoms. The van der Waals surface area contributed by atoms with Gasteiger partial charge in [-0.1, -0.05) is 6.92 Å². The largest absolute Gasteiger partial charge is 0.506 e. The minimum absolute atomic E-state index is 0.000942. The third-order valence-electron chi connectivity index (χ3n) is 5.89. The maximum Gasteiger partial charge on any atom is 0.233 e. The van der Waals surface area contributed by atoms with Crippen molar-refractivity contribution in [2.75, 3.05) is 46.6 Å². The van der Waals surface area contributed by atoms with Crippen LogP contribution < -0.4 is 20.4 Å². The average molecular weight is 440 g/mol. The number of hydrogen-bond donors (Lipinski definition) is 3. The van der Waals surface area contributed by atoms with E-state index in [0.717, 1.165) is 58.3 Å². The zero-order valence-corrected chi connectivity index (χ0v) is 18.8. The van der Waals surface area contributed by atoms with Gasteiger partial charge in [0.1, 0.15) is 5.75 Å². The van der Waals surface area contributed by atoms with Gasteiger partial charge in [0.05, 0.1) is 5.69 Å². The number of carbonyl (C=O) groups excluding carboxylic acids is 1. The fourth-order valence-corrected chi connectivity index (χ4v) is 4.16. The van der Waals surface area contributed by atoms with Crippen LogP contribution in [-0.4, -0.2) is 52.1 Å². The number of aromatic nitrogens is 3. The van der Waals surface area contributed by atoms with Crippen molar-refractivity contribution in [2.45, 2.75) is 58.3 Å². The van der Waals surface area contributed by atoms with E-state index in [4.69, 9.17) is 4.98 Å². The van der Waals surface area contributed by atoms with Crippen molar-refractivity contribution in [1.29, 1.82) is 0 Å². The fraction of sp³-hybridized carbons (Fsp3) is 0.565. The van der Waals surface area contributed by atoms with Gasteiger partial charge in [-0.3, -0.25) is 4.79 Å². The van der Waals surface area contributed by atoms with Gasteiger partial charge in [-0.2, -0.15) is 15.0 Å². The Labute approximate surface area is 189 Å². The van der Waals surface area contributed by atoms with Gasteiger partial charge in [-0.15, -0.1) is 0 Å². The number of piperidine rings is 2. The zero-order chi connectivity index (χ0) is 22.3. The number of amides is 1. The first-order valence-corrected chi connectivity index (χ1v) is 11.8. The first-order chi connectivity index (χ1) is 15.6. The van der Waals surface area contributed by atoms with Crippen molar-refractivity contribution >= 4 is 35.1 Å². The molecule has 3 heterocycles. The highest BCUT2D eigenvalue weighted by molar-refractivity contribution is 5.92. The molecule has 172 valence electrons. The molecule has 0 spiro atoms. The molecule has 2 aromatic rings. The molecular weight excluding hydrogens is 406 g/mol. The second-order valence-electron chi connectivity index (χ2n) is 8.51. The molecule has 0 bridgehead atoms. The number of anilines is 5. The summed E-state index contributed by atoms with van der Waals surface area (Å²) in [5.74, 6) is 1.76. The number of benzene rings is 1. The van der Waals surface area contributed by atoms with E-state index in [1.165, 1.54) is 12.8 Å². The molecule has 1 amide bonds. The molecule has 1 aromatic carbocycles. The lowest BCUT2D eigenvalue weighted by Gasteiger charge is -2.30. The number of hydrogen-bond acceptors (Lipinski definition) is 8. The predicted octanol–water partition coefficient (Wildman–Crippen LogP) is 4.04. The standard InChI is InChI=1S/C23H33N7O2/c1-2-9-20(32)25-18-11-10-17(16-19(18)31)24-21-26-22(29-12-5-3-6-13-29)28-23(27-21)30-14-7-4-8-15-30/h10-11,16,31H,2-9,12-15H2,1H3,(H,25,32)(H,24,26,27,28). The number of phenolic OH excluding ortho intramolecular Hbond substituents is 1. The van der Waals surface area contributed by atoms with Crippen LogP contribution in [0.3, 0.4) is 0 Å². The summed E-state index contributed by atoms with van der Waals surface area (Å²) in [6, 6.07) is 5.06. The van der Waals surface area contributed by atoms with Crippen LogP contribution in [0.25, 0.3) is 0 Å². The van der Waals surface area contributed by atoms with Crippen LogP contribution in [0.5, 0.6) is 5.75 Å². The SMILES string of the molecule is CCCC(=O)Nc1ccc(Nc2nc(N3CCCCC3)nc(N3CCCCC3)n2)cc1O. The molecule has 0 unspecified atom stereocenters. The second kappa shape index (κ2) is 10.5. The molecule has 2 saturated heterocycles. The lowest BCUT2D eigenvalue weighted by Crippen LogP contribution is -2.34. The minimum atomic E-state index is -0.113. The molecule has 2 aliphatic rings. The van der Waals surface area contributed by atoms with Crippen LogP contribution in [0.2, 0.25) is 0 Å². The van der Waals surface area contributed by atoms with E-state index < -0.39 is 0 Å². The van der Waals surface area contributed by atoms with Crippen molar-refractivity contribution in [3.63, 3.8) is 0 Å². The first-order valence-electron chi connectivity index (χ1n) is 11.8. The molecule has 2 aliphatic heterocycles. The molecule has 1 aromatic heterocycles. The third kappa shape index (κ3) is 5.57. The molecule has 4 rings (SSSR count). The van der Waals surface area contributed by atoms with Gasteiger partial charge in [-0.25, -0.2) is 0 Å². The van der Waals surface area contributed by atoms with Crippen LogP contribution in [0, 0.1) is 0 Å². The Morgan fingerprint density at radius 3 is 2.06 bits per heavy atom. The van der Waals surface area contributed by atoms with E-state index in [1.54, 1.807) is 18.2 Å². The summed E-state index contributed by atoms with van der Waals surface area (Å²) in [6.45, 7) is 5.76. The summed E-state index contributed by atoms with van der Waals surface area (Å²) < 4.78 is 0. The number of nitrogens with one attached hydrogen (secondary N) is 2. The average Bonchev–Trinajstić information content (AvgIpc) is 2.82. The van der Waals surface area contributed by atoms with Gasteiger partial charge in [-0.05, 0) is 57.1 Å². The summed E-state index contributed by atoms with van der Waals surface area (Å²) >= 11 is 0. The Hall–Kier alpha value is -3.10. The molecular formula is C23H33N7O2. The van der Waals surface area contributed by atoms with Gasteiger partial charge in [0.15, 0.2) is 0 Å². The van der Waals surface area contributed by atoms with Crippen LogP contribution in [0.15, 0.2) is 18.2 Å². The van der Waals surface area contributed by atoms with Gasteiger partial charge in [0.2, 0.25) is 23.8 Å². The summed E-state index contributed by atoms with van der Waals surface area (Å²) in [5, 5.41) is 16.3. The summed E-state index contributed by atoms with van der Waals surface area (Å²) in [5.41, 5.74) is 1.05. The molecule has 9 heteroatoms. The molecule has 9 nitrogen and oxygen atoms in total. The van der Waals surface area contributed by atoms with Gasteiger partial charge < -0.3 is 25.5 Å². The summed E-state index contributed by atoms with van der Waals surface area (Å²) in [7, 11) is 0. The van der Waals surface area contributed by atoms with E-state index in [0.29, 0.717) is 35.6 Å². The first kappa shape index (κ1) is 22.1. The van der Waals surface area contributed by atoms with Crippen molar-refractivity contribution in [3.8, 4) is 5.75 Å².